The number of hydrogen-bond acceptors (Lipinski definition) is 3. The highest BCUT2D eigenvalue weighted by Gasteiger charge is 2.35. The first-order valence-electron chi connectivity index (χ1n) is 6.87. The predicted molar refractivity (Wildman–Crippen MR) is 67.0 cm³/mol. The van der Waals surface area contributed by atoms with Crippen molar-refractivity contribution >= 4 is 11.8 Å². The minimum absolute atomic E-state index is 0.0139. The van der Waals surface area contributed by atoms with E-state index in [4.69, 9.17) is 4.74 Å². The maximum absolute atomic E-state index is 11.8. The van der Waals surface area contributed by atoms with E-state index in [1.165, 1.54) is 0 Å². The van der Waals surface area contributed by atoms with Gasteiger partial charge in [-0.3, -0.25) is 9.59 Å². The molecule has 2 aliphatic heterocycles. The summed E-state index contributed by atoms with van der Waals surface area (Å²) in [6.45, 7) is 4.71. The molecular weight excluding hydrogens is 232 g/mol. The van der Waals surface area contributed by atoms with E-state index in [1.54, 1.807) is 4.90 Å². The van der Waals surface area contributed by atoms with Crippen LogP contribution in [0.5, 0.6) is 0 Å². The van der Waals surface area contributed by atoms with Crippen molar-refractivity contribution in [3.05, 3.63) is 0 Å². The highest BCUT2D eigenvalue weighted by atomic mass is 16.5. The van der Waals surface area contributed by atoms with Crippen LogP contribution in [0.2, 0.25) is 0 Å². The lowest BCUT2D eigenvalue weighted by atomic mass is 10.1. The van der Waals surface area contributed by atoms with Crippen molar-refractivity contribution in [1.82, 2.24) is 10.2 Å². The van der Waals surface area contributed by atoms with Crippen LogP contribution in [-0.4, -0.2) is 49.1 Å². The molecule has 0 spiro atoms. The first kappa shape index (κ1) is 13.3. The molecule has 2 aliphatic rings. The Kier molecular flexibility index (Phi) is 4.58. The largest absolute Gasteiger partial charge is 0.376 e. The van der Waals surface area contributed by atoms with Crippen LogP contribution in [-0.2, 0) is 14.3 Å². The molecule has 102 valence electrons. The van der Waals surface area contributed by atoms with Crippen LogP contribution in [0.15, 0.2) is 0 Å². The second-order valence-corrected chi connectivity index (χ2v) is 5.13. The molecule has 0 aromatic heterocycles. The van der Waals surface area contributed by atoms with Gasteiger partial charge in [-0.05, 0) is 19.3 Å². The summed E-state index contributed by atoms with van der Waals surface area (Å²) in [4.78, 5) is 25.4. The lowest BCUT2D eigenvalue weighted by molar-refractivity contribution is -0.129. The Labute approximate surface area is 108 Å². The molecule has 1 N–H and O–H groups in total. The average molecular weight is 254 g/mol. The minimum atomic E-state index is -0.176. The third-order valence-electron chi connectivity index (χ3n) is 3.58. The maximum atomic E-state index is 11.8. The molecule has 0 bridgehead atoms. The van der Waals surface area contributed by atoms with E-state index in [-0.39, 0.29) is 23.8 Å². The van der Waals surface area contributed by atoms with Crippen molar-refractivity contribution in [2.75, 3.05) is 26.2 Å². The van der Waals surface area contributed by atoms with E-state index in [2.05, 4.69) is 5.32 Å². The zero-order valence-corrected chi connectivity index (χ0v) is 11.0. The van der Waals surface area contributed by atoms with Crippen LogP contribution in [0.25, 0.3) is 0 Å². The molecule has 2 heterocycles. The highest BCUT2D eigenvalue weighted by molar-refractivity contribution is 5.89. The average Bonchev–Trinajstić information content (AvgIpc) is 2.98. The molecule has 2 fully saturated rings. The predicted octanol–water partition coefficient (Wildman–Crippen LogP) is 0.540. The Bertz CT molecular complexity index is 313. The van der Waals surface area contributed by atoms with Crippen molar-refractivity contribution in [2.45, 2.75) is 38.7 Å². The molecule has 2 unspecified atom stereocenters. The Balaban J connectivity index is 1.80. The summed E-state index contributed by atoms with van der Waals surface area (Å²) in [5.74, 6) is -0.0763. The number of carbonyl (C=O) groups excluding carboxylic acids is 2. The van der Waals surface area contributed by atoms with Crippen molar-refractivity contribution in [3.8, 4) is 0 Å². The van der Waals surface area contributed by atoms with Gasteiger partial charge >= 0.3 is 0 Å². The number of likely N-dealkylation sites (tertiary alicyclic amines) is 1. The zero-order valence-electron chi connectivity index (χ0n) is 11.0. The summed E-state index contributed by atoms with van der Waals surface area (Å²) in [7, 11) is 0. The van der Waals surface area contributed by atoms with Gasteiger partial charge in [-0.25, -0.2) is 0 Å². The number of hydrogen-bond donors (Lipinski definition) is 1. The van der Waals surface area contributed by atoms with Gasteiger partial charge in [-0.2, -0.15) is 0 Å². The van der Waals surface area contributed by atoms with Crippen molar-refractivity contribution in [3.63, 3.8) is 0 Å². The molecule has 0 saturated carbocycles. The normalized spacial score (nSPS) is 27.8. The summed E-state index contributed by atoms with van der Waals surface area (Å²) in [6, 6.07) is 0. The molecule has 0 aromatic rings. The van der Waals surface area contributed by atoms with Gasteiger partial charge in [0.1, 0.15) is 0 Å². The summed E-state index contributed by atoms with van der Waals surface area (Å²) in [6.07, 6.45) is 3.55. The molecule has 0 aromatic carbocycles. The van der Waals surface area contributed by atoms with E-state index < -0.39 is 0 Å². The monoisotopic (exact) mass is 254 g/mol. The summed E-state index contributed by atoms with van der Waals surface area (Å²) in [5, 5.41) is 2.86. The third-order valence-corrected chi connectivity index (χ3v) is 3.58. The van der Waals surface area contributed by atoms with E-state index in [9.17, 15) is 9.59 Å². The molecule has 5 nitrogen and oxygen atoms in total. The van der Waals surface area contributed by atoms with Crippen molar-refractivity contribution in [1.29, 1.82) is 0 Å². The minimum Gasteiger partial charge on any atom is -0.376 e. The number of nitrogens with one attached hydrogen (secondary N) is 1. The number of ether oxygens (including phenoxy) is 1. The van der Waals surface area contributed by atoms with E-state index in [1.807, 2.05) is 6.92 Å². The van der Waals surface area contributed by atoms with Gasteiger partial charge in [0.2, 0.25) is 11.8 Å². The summed E-state index contributed by atoms with van der Waals surface area (Å²) >= 11 is 0. The number of nitrogens with zero attached hydrogens (tertiary/aromatic N) is 1. The van der Waals surface area contributed by atoms with Gasteiger partial charge in [0.05, 0.1) is 12.0 Å². The number of carbonyl (C=O) groups is 2. The number of rotatable bonds is 5. The molecule has 2 rings (SSSR count). The van der Waals surface area contributed by atoms with Crippen molar-refractivity contribution < 1.29 is 14.3 Å². The highest BCUT2D eigenvalue weighted by Crippen LogP contribution is 2.21. The van der Waals surface area contributed by atoms with Crippen LogP contribution >= 0.6 is 0 Å². The van der Waals surface area contributed by atoms with Gasteiger partial charge < -0.3 is 15.0 Å². The second-order valence-electron chi connectivity index (χ2n) is 5.13. The zero-order chi connectivity index (χ0) is 13.0. The van der Waals surface area contributed by atoms with E-state index >= 15 is 0 Å². The maximum Gasteiger partial charge on any atom is 0.225 e. The van der Waals surface area contributed by atoms with Crippen LogP contribution in [0.1, 0.15) is 32.6 Å². The standard InChI is InChI=1S/C13H22N2O3/c1-2-5-14-13(17)10-7-12(16)15(8-10)9-11-4-3-6-18-11/h10-11H,2-9H2,1H3,(H,14,17). The topological polar surface area (TPSA) is 58.6 Å². The molecule has 0 radical (unpaired) electrons. The first-order valence-corrected chi connectivity index (χ1v) is 6.87. The fourth-order valence-electron chi connectivity index (χ4n) is 2.55. The van der Waals surface area contributed by atoms with E-state index in [0.717, 1.165) is 25.9 Å². The lowest BCUT2D eigenvalue weighted by Gasteiger charge is -2.20. The fourth-order valence-corrected chi connectivity index (χ4v) is 2.55. The van der Waals surface area contributed by atoms with Gasteiger partial charge in [-0.1, -0.05) is 6.92 Å². The lowest BCUT2D eigenvalue weighted by Crippen LogP contribution is -2.36. The molecule has 2 amide bonds. The fraction of sp³-hybridized carbons (Fsp3) is 0.846. The second kappa shape index (κ2) is 6.18. The van der Waals surface area contributed by atoms with Crippen LogP contribution in [0.3, 0.4) is 0 Å². The van der Waals surface area contributed by atoms with Crippen LogP contribution < -0.4 is 5.32 Å². The van der Waals surface area contributed by atoms with Gasteiger partial charge in [0.25, 0.3) is 0 Å². The summed E-state index contributed by atoms with van der Waals surface area (Å²) in [5.41, 5.74) is 0. The molecule has 0 aliphatic carbocycles. The molecule has 2 atom stereocenters. The quantitative estimate of drug-likeness (QED) is 0.779. The third kappa shape index (κ3) is 3.22. The molecule has 18 heavy (non-hydrogen) atoms. The van der Waals surface area contributed by atoms with Crippen LogP contribution in [0.4, 0.5) is 0 Å². The van der Waals surface area contributed by atoms with Gasteiger partial charge in [0.15, 0.2) is 0 Å². The Hall–Kier alpha value is -1.10. The van der Waals surface area contributed by atoms with Crippen molar-refractivity contribution in [2.24, 2.45) is 5.92 Å². The molecular formula is C13H22N2O3. The smallest absolute Gasteiger partial charge is 0.225 e. The Morgan fingerprint density at radius 3 is 3.06 bits per heavy atom. The summed E-state index contributed by atoms with van der Waals surface area (Å²) < 4.78 is 5.53. The van der Waals surface area contributed by atoms with Crippen LogP contribution in [0, 0.1) is 5.92 Å². The van der Waals surface area contributed by atoms with E-state index in [0.29, 0.717) is 26.1 Å². The Morgan fingerprint density at radius 2 is 2.39 bits per heavy atom. The molecule has 5 heteroatoms. The first-order chi connectivity index (χ1) is 8.70. The SMILES string of the molecule is CCCNC(=O)C1CC(=O)N(CC2CCCO2)C1. The van der Waals surface area contributed by atoms with Gasteiger partial charge in [0, 0.05) is 32.7 Å². The molecule has 2 saturated heterocycles. The van der Waals surface area contributed by atoms with Gasteiger partial charge in [-0.15, -0.1) is 0 Å². The number of amides is 2. The Morgan fingerprint density at radius 1 is 1.56 bits per heavy atom.